The van der Waals surface area contributed by atoms with Crippen molar-refractivity contribution in [1.29, 1.82) is 0 Å². The van der Waals surface area contributed by atoms with Crippen molar-refractivity contribution in [3.05, 3.63) is 0 Å². The van der Waals surface area contributed by atoms with E-state index < -0.39 is 41.2 Å². The minimum Gasteiger partial charge on any atom is -0.459 e. The van der Waals surface area contributed by atoms with Gasteiger partial charge in [-0.2, -0.15) is 0 Å². The maximum atomic E-state index is 12.9. The molecule has 1 saturated carbocycles. The number of hydrogen-bond acceptors (Lipinski definition) is 8. The first-order valence-electron chi connectivity index (χ1n) is 15.7. The van der Waals surface area contributed by atoms with Crippen molar-refractivity contribution in [1.82, 2.24) is 20.9 Å². The molecule has 2 heterocycles. The Morgan fingerprint density at radius 2 is 1.67 bits per heavy atom. The van der Waals surface area contributed by atoms with Crippen molar-refractivity contribution < 1.29 is 38.2 Å². The van der Waals surface area contributed by atoms with E-state index in [1.165, 1.54) is 0 Å². The zero-order valence-electron chi connectivity index (χ0n) is 27.6. The molecule has 2 aliphatic heterocycles. The second-order valence-electron chi connectivity index (χ2n) is 13.5. The van der Waals surface area contributed by atoms with Crippen LogP contribution in [0.4, 0.5) is 4.79 Å². The molecule has 45 heavy (non-hydrogen) atoms. The summed E-state index contributed by atoms with van der Waals surface area (Å²) in [7, 11) is 0. The van der Waals surface area contributed by atoms with Gasteiger partial charge in [0.15, 0.2) is 0 Å². The van der Waals surface area contributed by atoms with Crippen LogP contribution in [0.1, 0.15) is 101 Å². The molecule has 0 aromatic carbocycles. The van der Waals surface area contributed by atoms with Crippen LogP contribution in [0.2, 0.25) is 0 Å². The smallest absolute Gasteiger partial charge is 0.325 e. The normalized spacial score (nSPS) is 20.4. The number of ether oxygens (including phenoxy) is 2. The summed E-state index contributed by atoms with van der Waals surface area (Å²) >= 11 is 0. The summed E-state index contributed by atoms with van der Waals surface area (Å²) in [4.78, 5) is 70.7. The summed E-state index contributed by atoms with van der Waals surface area (Å²) in [5.74, 6) is -1.01. The van der Waals surface area contributed by atoms with Crippen molar-refractivity contribution in [2.24, 2.45) is 23.0 Å². The molecule has 3 fully saturated rings. The molecular formula is C32H59N5O8. The Bertz CT molecular complexity index is 955. The molecule has 0 bridgehead atoms. The van der Waals surface area contributed by atoms with Gasteiger partial charge in [0, 0.05) is 19.0 Å². The first kappa shape index (κ1) is 41.8. The van der Waals surface area contributed by atoms with Crippen LogP contribution in [0, 0.1) is 17.3 Å². The van der Waals surface area contributed by atoms with Crippen molar-refractivity contribution in [2.45, 2.75) is 125 Å². The molecule has 0 radical (unpaired) electrons. The number of rotatable bonds is 11. The van der Waals surface area contributed by atoms with Crippen LogP contribution in [0.25, 0.3) is 0 Å². The molecule has 3 unspecified atom stereocenters. The number of nitrogens with one attached hydrogen (secondary N) is 3. The van der Waals surface area contributed by atoms with Crippen molar-refractivity contribution in [2.75, 3.05) is 26.3 Å². The van der Waals surface area contributed by atoms with Gasteiger partial charge in [0.2, 0.25) is 18.1 Å². The molecule has 5 N–H and O–H groups in total. The van der Waals surface area contributed by atoms with Crippen LogP contribution in [0.3, 0.4) is 0 Å². The Morgan fingerprint density at radius 1 is 1.04 bits per heavy atom. The highest BCUT2D eigenvalue weighted by atomic mass is 16.6. The maximum absolute atomic E-state index is 12.9. The highest BCUT2D eigenvalue weighted by molar-refractivity contribution is 6.37. The minimum atomic E-state index is -0.983. The van der Waals surface area contributed by atoms with Gasteiger partial charge in [0.05, 0.1) is 19.3 Å². The number of amides is 5. The van der Waals surface area contributed by atoms with Gasteiger partial charge in [-0.1, -0.05) is 68.2 Å². The van der Waals surface area contributed by atoms with E-state index >= 15 is 0 Å². The fourth-order valence-corrected chi connectivity index (χ4v) is 4.81. The average molecular weight is 642 g/mol. The fraction of sp³-hybridized carbons (Fsp3) is 0.812. The standard InChI is InChI=1S/C18H31N3O5.C9H14N2O3.C4H10.CH4/c1-12-6-5-8-21(12)16(23)15(18(2,3)4)20-17(24)19-10-14(22)26-13-7-9-25-11-13;10-9(14)8(13)7(11-5-12)4-6-2-1-3-6;1-4(2)3;/h12-13,15H,5-11H2,1-4H3,(H2,19,20,24);5-7H,1-4H2,(H2,10,14)(H,11,12);4H,1-3H3;1H4/t12-,13?,15?;;;/m1.../s1. The molecule has 260 valence electrons. The number of likely N-dealkylation sites (tertiary alicyclic amines) is 1. The molecule has 4 atom stereocenters. The van der Waals surface area contributed by atoms with E-state index in [9.17, 15) is 28.8 Å². The minimum absolute atomic E-state index is 0. The van der Waals surface area contributed by atoms with Gasteiger partial charge in [0.25, 0.3) is 5.91 Å². The van der Waals surface area contributed by atoms with Crippen molar-refractivity contribution in [3.8, 4) is 0 Å². The van der Waals surface area contributed by atoms with E-state index in [0.717, 1.165) is 38.0 Å². The van der Waals surface area contributed by atoms with Crippen molar-refractivity contribution >= 4 is 36.0 Å². The number of Topliss-reactive ketones (excluding diaryl/α,β-unsaturated/α-hetero) is 1. The predicted molar refractivity (Wildman–Crippen MR) is 172 cm³/mol. The first-order valence-corrected chi connectivity index (χ1v) is 15.7. The van der Waals surface area contributed by atoms with Gasteiger partial charge in [-0.3, -0.25) is 24.0 Å². The lowest BCUT2D eigenvalue weighted by Crippen LogP contribution is -2.57. The van der Waals surface area contributed by atoms with Gasteiger partial charge in [-0.05, 0) is 43.4 Å². The highest BCUT2D eigenvalue weighted by Gasteiger charge is 2.38. The molecule has 0 aromatic rings. The lowest BCUT2D eigenvalue weighted by atomic mass is 9.80. The Labute approximate surface area is 269 Å². The largest absolute Gasteiger partial charge is 0.459 e. The van der Waals surface area contributed by atoms with Crippen LogP contribution in [-0.2, 0) is 33.4 Å². The summed E-state index contributed by atoms with van der Waals surface area (Å²) in [6.07, 6.45) is 6.62. The van der Waals surface area contributed by atoms with Crippen LogP contribution in [0.5, 0.6) is 0 Å². The molecule has 3 rings (SSSR count). The molecule has 1 aliphatic carbocycles. The van der Waals surface area contributed by atoms with Gasteiger partial charge in [-0.25, -0.2) is 4.79 Å². The van der Waals surface area contributed by atoms with Gasteiger partial charge < -0.3 is 36.1 Å². The molecule has 5 amide bonds. The lowest BCUT2D eigenvalue weighted by Gasteiger charge is -2.35. The second-order valence-corrected chi connectivity index (χ2v) is 13.5. The second kappa shape index (κ2) is 20.7. The van der Waals surface area contributed by atoms with E-state index in [1.54, 1.807) is 0 Å². The number of hydrogen-bond donors (Lipinski definition) is 4. The molecule has 3 aliphatic rings. The molecule has 0 aromatic heterocycles. The number of carbonyl (C=O) groups is 6. The number of ketones is 1. The quantitative estimate of drug-likeness (QED) is 0.151. The summed E-state index contributed by atoms with van der Waals surface area (Å²) in [5, 5.41) is 7.54. The molecule has 13 nitrogen and oxygen atoms in total. The van der Waals surface area contributed by atoms with Gasteiger partial charge in [-0.15, -0.1) is 0 Å². The lowest BCUT2D eigenvalue weighted by molar-refractivity contribution is -0.147. The predicted octanol–water partition coefficient (Wildman–Crippen LogP) is 2.69. The molecule has 2 saturated heterocycles. The van der Waals surface area contributed by atoms with Crippen LogP contribution < -0.4 is 21.7 Å². The molecule has 0 spiro atoms. The van der Waals surface area contributed by atoms with E-state index in [0.29, 0.717) is 44.9 Å². The summed E-state index contributed by atoms with van der Waals surface area (Å²) in [6.45, 7) is 15.7. The zero-order chi connectivity index (χ0) is 33.4. The molecular weight excluding hydrogens is 582 g/mol. The van der Waals surface area contributed by atoms with Crippen LogP contribution >= 0.6 is 0 Å². The number of carbonyl (C=O) groups excluding carboxylic acids is 6. The van der Waals surface area contributed by atoms with E-state index in [1.807, 2.05) is 32.6 Å². The van der Waals surface area contributed by atoms with Gasteiger partial charge >= 0.3 is 12.0 Å². The third-order valence-corrected chi connectivity index (χ3v) is 7.43. The van der Waals surface area contributed by atoms with Crippen LogP contribution in [-0.4, -0.2) is 91.4 Å². The third kappa shape index (κ3) is 16.1. The van der Waals surface area contributed by atoms with E-state index in [4.69, 9.17) is 15.2 Å². The SMILES string of the molecule is C.CC(C)C.C[C@@H]1CCCN1C(=O)C(NC(=O)NCC(=O)OC1CCOC1)C(C)(C)C.NC(=O)C(=O)C(CC1CCC1)NC=O. The van der Waals surface area contributed by atoms with Gasteiger partial charge in [0.1, 0.15) is 18.7 Å². The fourth-order valence-electron chi connectivity index (χ4n) is 4.81. The van der Waals surface area contributed by atoms with Crippen molar-refractivity contribution in [3.63, 3.8) is 0 Å². The Morgan fingerprint density at radius 3 is 2.09 bits per heavy atom. The zero-order valence-corrected chi connectivity index (χ0v) is 27.6. The third-order valence-electron chi connectivity index (χ3n) is 7.43. The first-order chi connectivity index (χ1) is 20.6. The highest BCUT2D eigenvalue weighted by Crippen LogP contribution is 2.30. The van der Waals surface area contributed by atoms with E-state index in [2.05, 4.69) is 36.7 Å². The van der Waals surface area contributed by atoms with E-state index in [-0.39, 0.29) is 32.0 Å². The Kier molecular flexibility index (Phi) is 19.3. The Balaban J connectivity index is 0.000000856. The summed E-state index contributed by atoms with van der Waals surface area (Å²) < 4.78 is 10.3. The Hall–Kier alpha value is -3.22. The molecule has 13 heteroatoms. The number of nitrogens with two attached hydrogens (primary N) is 1. The number of urea groups is 1. The summed E-state index contributed by atoms with van der Waals surface area (Å²) in [5.41, 5.74) is 4.41. The topological polar surface area (TPSA) is 186 Å². The summed E-state index contributed by atoms with van der Waals surface area (Å²) in [6, 6.07) is -1.76. The monoisotopic (exact) mass is 641 g/mol. The average Bonchev–Trinajstić information content (AvgIpc) is 3.57. The maximum Gasteiger partial charge on any atom is 0.325 e. The van der Waals surface area contributed by atoms with Crippen LogP contribution in [0.15, 0.2) is 0 Å². The number of nitrogens with zero attached hydrogens (tertiary/aromatic N) is 1. The number of esters is 1. The number of primary amides is 1.